The van der Waals surface area contributed by atoms with Crippen molar-refractivity contribution < 1.29 is 4.74 Å². The Morgan fingerprint density at radius 2 is 2.00 bits per heavy atom. The van der Waals surface area contributed by atoms with E-state index < -0.39 is 0 Å². The van der Waals surface area contributed by atoms with E-state index in [1.54, 1.807) is 7.11 Å². The summed E-state index contributed by atoms with van der Waals surface area (Å²) in [7, 11) is 1.63. The van der Waals surface area contributed by atoms with Crippen molar-refractivity contribution in [1.82, 2.24) is 9.78 Å². The van der Waals surface area contributed by atoms with Crippen molar-refractivity contribution in [3.05, 3.63) is 48.5 Å². The zero-order valence-electron chi connectivity index (χ0n) is 10.4. The van der Waals surface area contributed by atoms with Crippen LogP contribution in [0.25, 0.3) is 22.2 Å². The van der Waals surface area contributed by atoms with Gasteiger partial charge in [-0.05, 0) is 18.2 Å². The van der Waals surface area contributed by atoms with Crippen LogP contribution >= 0.6 is 0 Å². The highest BCUT2D eigenvalue weighted by atomic mass is 16.5. The van der Waals surface area contributed by atoms with Gasteiger partial charge in [-0.25, -0.2) is 0 Å². The van der Waals surface area contributed by atoms with Gasteiger partial charge in [0.15, 0.2) is 0 Å². The van der Waals surface area contributed by atoms with Crippen molar-refractivity contribution in [2.24, 2.45) is 0 Å². The van der Waals surface area contributed by atoms with Gasteiger partial charge in [-0.15, -0.1) is 0 Å². The minimum atomic E-state index is 0.771. The third-order valence-electron chi connectivity index (χ3n) is 3.03. The molecule has 3 rings (SSSR count). The van der Waals surface area contributed by atoms with Gasteiger partial charge >= 0.3 is 0 Å². The van der Waals surface area contributed by atoms with Gasteiger partial charge in [0.05, 0.1) is 12.6 Å². The van der Waals surface area contributed by atoms with Crippen molar-refractivity contribution in [3.8, 4) is 23.2 Å². The van der Waals surface area contributed by atoms with E-state index in [-0.39, 0.29) is 0 Å². The number of fused-ring (bicyclic) bond motifs is 1. The largest absolute Gasteiger partial charge is 0.497 e. The van der Waals surface area contributed by atoms with Gasteiger partial charge in [-0.2, -0.15) is 15.0 Å². The predicted octanol–water partition coefficient (Wildman–Crippen LogP) is 3.04. The highest BCUT2D eigenvalue weighted by molar-refractivity contribution is 5.93. The minimum Gasteiger partial charge on any atom is -0.497 e. The highest BCUT2D eigenvalue weighted by Gasteiger charge is 2.11. The van der Waals surface area contributed by atoms with E-state index in [1.165, 1.54) is 4.68 Å². The van der Waals surface area contributed by atoms with E-state index in [0.717, 1.165) is 27.9 Å². The molecule has 0 saturated carbocycles. The van der Waals surface area contributed by atoms with Gasteiger partial charge in [0, 0.05) is 10.9 Å². The van der Waals surface area contributed by atoms with Crippen LogP contribution in [0.4, 0.5) is 0 Å². The first-order valence-electron chi connectivity index (χ1n) is 5.86. The molecule has 0 radical (unpaired) electrons. The Bertz CT molecular complexity index is 783. The fourth-order valence-corrected chi connectivity index (χ4v) is 2.13. The molecule has 0 N–H and O–H groups in total. The molecule has 0 bridgehead atoms. The third-order valence-corrected chi connectivity index (χ3v) is 3.03. The predicted molar refractivity (Wildman–Crippen MR) is 72.7 cm³/mol. The van der Waals surface area contributed by atoms with E-state index in [9.17, 15) is 0 Å². The number of hydrogen-bond donors (Lipinski definition) is 0. The van der Waals surface area contributed by atoms with Gasteiger partial charge < -0.3 is 4.74 Å². The number of nitrogens with zero attached hydrogens (tertiary/aromatic N) is 3. The van der Waals surface area contributed by atoms with Crippen molar-refractivity contribution >= 4 is 10.9 Å². The Balaban J connectivity index is 2.28. The highest BCUT2D eigenvalue weighted by Crippen LogP contribution is 2.29. The van der Waals surface area contributed by atoms with Crippen LogP contribution in [0.1, 0.15) is 0 Å². The summed E-state index contributed by atoms with van der Waals surface area (Å²) in [5.74, 6) is 0.771. The average molecular weight is 249 g/mol. The number of aromatic nitrogens is 2. The van der Waals surface area contributed by atoms with Crippen LogP contribution in [0.2, 0.25) is 0 Å². The van der Waals surface area contributed by atoms with Crippen molar-refractivity contribution in [2.45, 2.75) is 0 Å². The molecule has 0 amide bonds. The maximum Gasteiger partial charge on any atom is 0.206 e. The molecule has 0 aliphatic carbocycles. The first-order chi connectivity index (χ1) is 9.33. The van der Waals surface area contributed by atoms with E-state index >= 15 is 0 Å². The van der Waals surface area contributed by atoms with E-state index in [0.29, 0.717) is 0 Å². The van der Waals surface area contributed by atoms with Crippen LogP contribution < -0.4 is 4.74 Å². The second-order valence-corrected chi connectivity index (χ2v) is 4.11. The Kier molecular flexibility index (Phi) is 2.66. The lowest BCUT2D eigenvalue weighted by Crippen LogP contribution is -1.90. The molecule has 1 heterocycles. The molecule has 0 fully saturated rings. The van der Waals surface area contributed by atoms with Crippen molar-refractivity contribution in [1.29, 1.82) is 5.26 Å². The summed E-state index contributed by atoms with van der Waals surface area (Å²) in [6, 6.07) is 15.3. The number of ether oxygens (including phenoxy) is 1. The Labute approximate surface area is 110 Å². The topological polar surface area (TPSA) is 50.8 Å². The van der Waals surface area contributed by atoms with E-state index in [4.69, 9.17) is 10.00 Å². The molecule has 1 aromatic heterocycles. The monoisotopic (exact) mass is 249 g/mol. The maximum atomic E-state index is 9.12. The molecule has 0 saturated heterocycles. The molecule has 0 aliphatic heterocycles. The van der Waals surface area contributed by atoms with Crippen LogP contribution in [-0.4, -0.2) is 16.9 Å². The number of para-hydroxylation sites is 1. The molecular formula is C15H11N3O. The van der Waals surface area contributed by atoms with Gasteiger partial charge in [-0.1, -0.05) is 30.3 Å². The van der Waals surface area contributed by atoms with Crippen LogP contribution in [-0.2, 0) is 0 Å². The Morgan fingerprint density at radius 3 is 2.79 bits per heavy atom. The number of nitriles is 1. The smallest absolute Gasteiger partial charge is 0.206 e. The number of methoxy groups -OCH3 is 1. The minimum absolute atomic E-state index is 0.771. The summed E-state index contributed by atoms with van der Waals surface area (Å²) in [6.45, 7) is 0. The maximum absolute atomic E-state index is 9.12. The number of hydrogen-bond acceptors (Lipinski definition) is 3. The molecule has 0 unspecified atom stereocenters. The van der Waals surface area contributed by atoms with E-state index in [1.807, 2.05) is 48.5 Å². The quantitative estimate of drug-likeness (QED) is 0.701. The number of benzene rings is 2. The molecule has 19 heavy (non-hydrogen) atoms. The van der Waals surface area contributed by atoms with Gasteiger partial charge in [0.25, 0.3) is 0 Å². The molecular weight excluding hydrogens is 238 g/mol. The Morgan fingerprint density at radius 1 is 1.16 bits per heavy atom. The fourth-order valence-electron chi connectivity index (χ4n) is 2.13. The SMILES string of the molecule is COc1cccc(-c2nn(C#N)c3ccccc23)c1. The standard InChI is InChI=1S/C15H11N3O/c1-19-12-6-4-5-11(9-12)15-13-7-2-3-8-14(13)18(10-16)17-15/h2-9H,1H3. The first-order valence-corrected chi connectivity index (χ1v) is 5.86. The lowest BCUT2D eigenvalue weighted by molar-refractivity contribution is 0.415. The first kappa shape index (κ1) is 11.3. The van der Waals surface area contributed by atoms with Gasteiger partial charge in [0.2, 0.25) is 6.19 Å². The fraction of sp³-hybridized carbons (Fsp3) is 0.0667. The summed E-state index contributed by atoms with van der Waals surface area (Å²) >= 11 is 0. The van der Waals surface area contributed by atoms with E-state index in [2.05, 4.69) is 11.3 Å². The molecule has 0 spiro atoms. The normalized spacial score (nSPS) is 10.3. The molecule has 0 atom stereocenters. The molecule has 92 valence electrons. The summed E-state index contributed by atoms with van der Waals surface area (Å²) in [6.07, 6.45) is 2.06. The zero-order valence-corrected chi connectivity index (χ0v) is 10.4. The zero-order chi connectivity index (χ0) is 13.2. The molecule has 4 heteroatoms. The third kappa shape index (κ3) is 1.81. The lowest BCUT2D eigenvalue weighted by Gasteiger charge is -2.02. The average Bonchev–Trinajstić information content (AvgIpc) is 2.86. The number of rotatable bonds is 2. The van der Waals surface area contributed by atoms with Crippen molar-refractivity contribution in [2.75, 3.05) is 7.11 Å². The lowest BCUT2D eigenvalue weighted by atomic mass is 10.1. The summed E-state index contributed by atoms with van der Waals surface area (Å²) in [4.78, 5) is 0. The molecule has 0 aliphatic rings. The van der Waals surface area contributed by atoms with Gasteiger partial charge in [-0.3, -0.25) is 0 Å². The second kappa shape index (κ2) is 4.46. The second-order valence-electron chi connectivity index (χ2n) is 4.11. The van der Waals surface area contributed by atoms with Crippen LogP contribution in [0.15, 0.2) is 48.5 Å². The van der Waals surface area contributed by atoms with Crippen molar-refractivity contribution in [3.63, 3.8) is 0 Å². The van der Waals surface area contributed by atoms with Crippen LogP contribution in [0.3, 0.4) is 0 Å². The molecule has 4 nitrogen and oxygen atoms in total. The Hall–Kier alpha value is -2.80. The van der Waals surface area contributed by atoms with Gasteiger partial charge in [0.1, 0.15) is 11.4 Å². The summed E-state index contributed by atoms with van der Waals surface area (Å²) < 4.78 is 6.56. The summed E-state index contributed by atoms with van der Waals surface area (Å²) in [5.41, 5.74) is 2.53. The molecule has 3 aromatic rings. The summed E-state index contributed by atoms with van der Waals surface area (Å²) in [5, 5.41) is 14.4. The van der Waals surface area contributed by atoms with Crippen LogP contribution in [0.5, 0.6) is 5.75 Å². The molecule has 2 aromatic carbocycles. The van der Waals surface area contributed by atoms with Crippen LogP contribution in [0, 0.1) is 11.5 Å².